The van der Waals surface area contributed by atoms with Gasteiger partial charge in [-0.1, -0.05) is 6.07 Å². The van der Waals surface area contributed by atoms with Crippen LogP contribution in [-0.2, 0) is 6.67 Å². The maximum absolute atomic E-state index is 12.6. The summed E-state index contributed by atoms with van der Waals surface area (Å²) in [5.74, 6) is 0.819. The number of methoxy groups -OCH3 is 1. The topological polar surface area (TPSA) is 24.5 Å². The van der Waals surface area contributed by atoms with Crippen molar-refractivity contribution in [1.82, 2.24) is 5.32 Å². The molecule has 1 heterocycles. The van der Waals surface area contributed by atoms with Crippen molar-refractivity contribution < 1.29 is 9.13 Å². The van der Waals surface area contributed by atoms with Gasteiger partial charge in [0.2, 0.25) is 0 Å². The van der Waals surface area contributed by atoms with Gasteiger partial charge in [-0.15, -0.1) is 0 Å². The van der Waals surface area contributed by atoms with Crippen LogP contribution in [0, 0.1) is 0 Å². The molecule has 4 heteroatoms. The molecule has 0 unspecified atom stereocenters. The summed E-state index contributed by atoms with van der Waals surface area (Å²) in [6, 6.07) is 5.49. The molecular formula is C12H17FN2O. The van der Waals surface area contributed by atoms with Crippen LogP contribution in [0.25, 0.3) is 0 Å². The Hall–Kier alpha value is -1.29. The number of anilines is 1. The van der Waals surface area contributed by atoms with E-state index < -0.39 is 6.67 Å². The van der Waals surface area contributed by atoms with Gasteiger partial charge in [0.25, 0.3) is 0 Å². The first-order valence-electron chi connectivity index (χ1n) is 5.53. The first kappa shape index (κ1) is 11.2. The highest BCUT2D eigenvalue weighted by Crippen LogP contribution is 2.29. The van der Waals surface area contributed by atoms with E-state index in [0.717, 1.165) is 37.6 Å². The SMILES string of the molecule is COc1ccc(CF)cc1N1CCNCC1. The third kappa shape index (κ3) is 2.27. The zero-order valence-electron chi connectivity index (χ0n) is 9.50. The minimum atomic E-state index is -0.427. The molecule has 1 aliphatic heterocycles. The fraction of sp³-hybridized carbons (Fsp3) is 0.500. The zero-order valence-corrected chi connectivity index (χ0v) is 9.50. The third-order valence-electron chi connectivity index (χ3n) is 2.86. The number of rotatable bonds is 3. The van der Waals surface area contributed by atoms with Crippen LogP contribution in [0.1, 0.15) is 5.56 Å². The number of piperazine rings is 1. The average molecular weight is 224 g/mol. The number of hydrogen-bond donors (Lipinski definition) is 1. The molecule has 1 N–H and O–H groups in total. The lowest BCUT2D eigenvalue weighted by Gasteiger charge is -2.30. The monoisotopic (exact) mass is 224 g/mol. The highest BCUT2D eigenvalue weighted by atomic mass is 19.1. The molecule has 0 atom stereocenters. The van der Waals surface area contributed by atoms with Gasteiger partial charge >= 0.3 is 0 Å². The van der Waals surface area contributed by atoms with Crippen molar-refractivity contribution in [2.45, 2.75) is 6.67 Å². The van der Waals surface area contributed by atoms with E-state index >= 15 is 0 Å². The summed E-state index contributed by atoms with van der Waals surface area (Å²) in [5.41, 5.74) is 1.70. The van der Waals surface area contributed by atoms with Gasteiger partial charge in [-0.05, 0) is 17.7 Å². The van der Waals surface area contributed by atoms with Gasteiger partial charge in [0.05, 0.1) is 12.8 Å². The minimum Gasteiger partial charge on any atom is -0.495 e. The second kappa shape index (κ2) is 5.16. The molecule has 3 nitrogen and oxygen atoms in total. The van der Waals surface area contributed by atoms with Gasteiger partial charge < -0.3 is 15.0 Å². The number of halogens is 1. The second-order valence-corrected chi connectivity index (χ2v) is 3.88. The Morgan fingerprint density at radius 2 is 2.12 bits per heavy atom. The smallest absolute Gasteiger partial charge is 0.142 e. The van der Waals surface area contributed by atoms with Crippen molar-refractivity contribution in [2.75, 3.05) is 38.2 Å². The molecule has 0 saturated carbocycles. The minimum absolute atomic E-state index is 0.427. The van der Waals surface area contributed by atoms with Crippen molar-refractivity contribution in [3.8, 4) is 5.75 Å². The van der Waals surface area contributed by atoms with Gasteiger partial charge in [-0.25, -0.2) is 4.39 Å². The Labute approximate surface area is 95.2 Å². The standard InChI is InChI=1S/C12H17FN2O/c1-16-12-3-2-10(9-13)8-11(12)15-6-4-14-5-7-15/h2-3,8,14H,4-7,9H2,1H3. The molecule has 2 rings (SSSR count). The second-order valence-electron chi connectivity index (χ2n) is 3.88. The Kier molecular flexibility index (Phi) is 3.62. The molecule has 0 spiro atoms. The van der Waals surface area contributed by atoms with Gasteiger partial charge in [0, 0.05) is 26.2 Å². The molecule has 1 fully saturated rings. The lowest BCUT2D eigenvalue weighted by atomic mass is 10.1. The maximum atomic E-state index is 12.6. The number of alkyl halides is 1. The van der Waals surface area contributed by atoms with Crippen molar-refractivity contribution in [2.24, 2.45) is 0 Å². The van der Waals surface area contributed by atoms with Gasteiger partial charge in [0.1, 0.15) is 12.4 Å². The molecule has 1 saturated heterocycles. The lowest BCUT2D eigenvalue weighted by Crippen LogP contribution is -2.43. The van der Waals surface area contributed by atoms with Crippen LogP contribution in [0.3, 0.4) is 0 Å². The summed E-state index contributed by atoms with van der Waals surface area (Å²) in [4.78, 5) is 2.23. The first-order chi connectivity index (χ1) is 7.85. The Morgan fingerprint density at radius 3 is 2.75 bits per heavy atom. The van der Waals surface area contributed by atoms with E-state index in [1.807, 2.05) is 12.1 Å². The summed E-state index contributed by atoms with van der Waals surface area (Å²) in [5, 5.41) is 3.29. The third-order valence-corrected chi connectivity index (χ3v) is 2.86. The zero-order chi connectivity index (χ0) is 11.4. The van der Waals surface area contributed by atoms with Crippen LogP contribution in [0.4, 0.5) is 10.1 Å². The molecule has 16 heavy (non-hydrogen) atoms. The van der Waals surface area contributed by atoms with Crippen LogP contribution in [0.5, 0.6) is 5.75 Å². The van der Waals surface area contributed by atoms with E-state index in [1.54, 1.807) is 13.2 Å². The summed E-state index contributed by atoms with van der Waals surface area (Å²) in [6.45, 7) is 3.37. The highest BCUT2D eigenvalue weighted by Gasteiger charge is 2.15. The summed E-state index contributed by atoms with van der Waals surface area (Å²) >= 11 is 0. The first-order valence-corrected chi connectivity index (χ1v) is 5.53. The Balaban J connectivity index is 2.27. The largest absolute Gasteiger partial charge is 0.495 e. The molecule has 0 bridgehead atoms. The lowest BCUT2D eigenvalue weighted by molar-refractivity contribution is 0.412. The summed E-state index contributed by atoms with van der Waals surface area (Å²) in [7, 11) is 1.65. The van der Waals surface area contributed by atoms with E-state index in [2.05, 4.69) is 10.2 Å². The molecule has 0 amide bonds. The number of nitrogens with zero attached hydrogens (tertiary/aromatic N) is 1. The van der Waals surface area contributed by atoms with E-state index in [9.17, 15) is 4.39 Å². The molecule has 1 aromatic rings. The number of benzene rings is 1. The molecular weight excluding hydrogens is 207 g/mol. The van der Waals surface area contributed by atoms with Gasteiger partial charge in [0.15, 0.2) is 0 Å². The predicted octanol–water partition coefficient (Wildman–Crippen LogP) is 1.57. The molecule has 0 radical (unpaired) electrons. The summed E-state index contributed by atoms with van der Waals surface area (Å²) in [6.07, 6.45) is 0. The van der Waals surface area contributed by atoms with E-state index in [0.29, 0.717) is 5.56 Å². The molecule has 88 valence electrons. The van der Waals surface area contributed by atoms with Gasteiger partial charge in [-0.3, -0.25) is 0 Å². The number of ether oxygens (including phenoxy) is 1. The predicted molar refractivity (Wildman–Crippen MR) is 62.9 cm³/mol. The fourth-order valence-electron chi connectivity index (χ4n) is 1.97. The average Bonchev–Trinajstić information content (AvgIpc) is 2.39. The molecule has 1 aromatic carbocycles. The summed E-state index contributed by atoms with van der Waals surface area (Å²) < 4.78 is 18.0. The van der Waals surface area contributed by atoms with Crippen molar-refractivity contribution >= 4 is 5.69 Å². The van der Waals surface area contributed by atoms with Crippen LogP contribution in [0.2, 0.25) is 0 Å². The molecule has 1 aliphatic rings. The van der Waals surface area contributed by atoms with Crippen molar-refractivity contribution in [1.29, 1.82) is 0 Å². The Bertz CT molecular complexity index is 351. The Morgan fingerprint density at radius 1 is 1.38 bits per heavy atom. The van der Waals surface area contributed by atoms with Crippen LogP contribution < -0.4 is 15.0 Å². The fourth-order valence-corrected chi connectivity index (χ4v) is 1.97. The van der Waals surface area contributed by atoms with Crippen molar-refractivity contribution in [3.05, 3.63) is 23.8 Å². The normalized spacial score (nSPS) is 16.2. The van der Waals surface area contributed by atoms with Crippen LogP contribution in [0.15, 0.2) is 18.2 Å². The molecule has 0 aromatic heterocycles. The molecule has 0 aliphatic carbocycles. The maximum Gasteiger partial charge on any atom is 0.142 e. The number of nitrogens with one attached hydrogen (secondary N) is 1. The highest BCUT2D eigenvalue weighted by molar-refractivity contribution is 5.60. The quantitative estimate of drug-likeness (QED) is 0.843. The van der Waals surface area contributed by atoms with Crippen molar-refractivity contribution in [3.63, 3.8) is 0 Å². The van der Waals surface area contributed by atoms with E-state index in [1.165, 1.54) is 0 Å². The van der Waals surface area contributed by atoms with Crippen LogP contribution in [-0.4, -0.2) is 33.3 Å². The van der Waals surface area contributed by atoms with Crippen LogP contribution >= 0.6 is 0 Å². The van der Waals surface area contributed by atoms with E-state index in [-0.39, 0.29) is 0 Å². The van der Waals surface area contributed by atoms with Gasteiger partial charge in [-0.2, -0.15) is 0 Å². The van der Waals surface area contributed by atoms with E-state index in [4.69, 9.17) is 4.74 Å². The number of hydrogen-bond acceptors (Lipinski definition) is 3.